The summed E-state index contributed by atoms with van der Waals surface area (Å²) in [7, 11) is 1.44. The average Bonchev–Trinajstić information content (AvgIpc) is 2.93. The highest BCUT2D eigenvalue weighted by atomic mass is 35.5. The SMILES string of the molecule is CN1C(=O)CC(Sc2ccccc2C(=O)OCC(=O)c2ccccc2Cl)C1=O. The fourth-order valence-electron chi connectivity index (χ4n) is 2.68. The lowest BCUT2D eigenvalue weighted by molar-refractivity contribution is -0.136. The Balaban J connectivity index is 1.69. The van der Waals surface area contributed by atoms with E-state index in [0.717, 1.165) is 16.7 Å². The van der Waals surface area contributed by atoms with Gasteiger partial charge in [0.1, 0.15) is 0 Å². The lowest BCUT2D eigenvalue weighted by Gasteiger charge is -2.12. The summed E-state index contributed by atoms with van der Waals surface area (Å²) in [4.78, 5) is 50.1. The van der Waals surface area contributed by atoms with Gasteiger partial charge in [-0.25, -0.2) is 4.79 Å². The lowest BCUT2D eigenvalue weighted by atomic mass is 10.1. The van der Waals surface area contributed by atoms with Crippen LogP contribution in [0.5, 0.6) is 0 Å². The Morgan fingerprint density at radius 2 is 1.75 bits per heavy atom. The predicted octanol–water partition coefficient (Wildman–Crippen LogP) is 3.23. The van der Waals surface area contributed by atoms with Crippen molar-refractivity contribution in [1.29, 1.82) is 0 Å². The van der Waals surface area contributed by atoms with Gasteiger partial charge in [0.05, 0.1) is 15.8 Å². The first-order chi connectivity index (χ1) is 13.4. The number of rotatable bonds is 6. The predicted molar refractivity (Wildman–Crippen MR) is 105 cm³/mol. The minimum absolute atomic E-state index is 0.0778. The van der Waals surface area contributed by atoms with Crippen LogP contribution in [-0.2, 0) is 14.3 Å². The van der Waals surface area contributed by atoms with Crippen LogP contribution in [-0.4, -0.2) is 47.4 Å². The molecule has 8 heteroatoms. The summed E-state index contributed by atoms with van der Waals surface area (Å²) in [5.74, 6) is -1.66. The van der Waals surface area contributed by atoms with E-state index in [1.807, 2.05) is 0 Å². The van der Waals surface area contributed by atoms with E-state index in [4.69, 9.17) is 16.3 Å². The van der Waals surface area contributed by atoms with E-state index in [1.165, 1.54) is 7.05 Å². The number of carbonyl (C=O) groups excluding carboxylic acids is 4. The highest BCUT2D eigenvalue weighted by Crippen LogP contribution is 2.33. The molecular weight excluding hydrogens is 402 g/mol. The normalized spacial score (nSPS) is 16.4. The molecule has 0 saturated carbocycles. The Kier molecular flexibility index (Phi) is 6.16. The van der Waals surface area contributed by atoms with E-state index in [0.29, 0.717) is 4.90 Å². The molecule has 144 valence electrons. The van der Waals surface area contributed by atoms with Crippen LogP contribution in [0.2, 0.25) is 5.02 Å². The largest absolute Gasteiger partial charge is 0.454 e. The Bertz CT molecular complexity index is 961. The van der Waals surface area contributed by atoms with Crippen LogP contribution >= 0.6 is 23.4 Å². The summed E-state index contributed by atoms with van der Waals surface area (Å²) >= 11 is 7.12. The van der Waals surface area contributed by atoms with Gasteiger partial charge in [0.2, 0.25) is 17.6 Å². The number of hydrogen-bond acceptors (Lipinski definition) is 6. The number of esters is 1. The average molecular weight is 418 g/mol. The van der Waals surface area contributed by atoms with Crippen LogP contribution in [0.1, 0.15) is 27.1 Å². The standard InChI is InChI=1S/C20H16ClNO5S/c1-22-18(24)10-17(19(22)25)28-16-9-5-3-7-13(16)20(26)27-11-15(23)12-6-2-4-8-14(12)21/h2-9,17H,10-11H2,1H3. The van der Waals surface area contributed by atoms with E-state index in [-0.39, 0.29) is 34.4 Å². The third kappa shape index (κ3) is 4.26. The molecule has 0 radical (unpaired) electrons. The molecule has 1 unspecified atom stereocenters. The minimum atomic E-state index is -0.686. The van der Waals surface area contributed by atoms with E-state index >= 15 is 0 Å². The van der Waals surface area contributed by atoms with Crippen LogP contribution in [0.25, 0.3) is 0 Å². The molecule has 0 N–H and O–H groups in total. The summed E-state index contributed by atoms with van der Waals surface area (Å²) in [5, 5.41) is -0.302. The molecule has 1 aliphatic heterocycles. The Morgan fingerprint density at radius 3 is 2.39 bits per heavy atom. The molecule has 0 aromatic heterocycles. The first-order valence-electron chi connectivity index (χ1n) is 8.39. The van der Waals surface area contributed by atoms with Gasteiger partial charge in [-0.05, 0) is 24.3 Å². The molecule has 1 heterocycles. The molecule has 3 rings (SSSR count). The summed E-state index contributed by atoms with van der Waals surface area (Å²) < 4.78 is 5.15. The molecule has 1 atom stereocenters. The molecular formula is C20H16ClNO5S. The van der Waals surface area contributed by atoms with Crippen molar-refractivity contribution < 1.29 is 23.9 Å². The zero-order valence-electron chi connectivity index (χ0n) is 14.9. The number of thioether (sulfide) groups is 1. The molecule has 0 bridgehead atoms. The maximum absolute atomic E-state index is 12.5. The molecule has 28 heavy (non-hydrogen) atoms. The molecule has 2 aromatic rings. The second-order valence-electron chi connectivity index (χ2n) is 6.08. The summed E-state index contributed by atoms with van der Waals surface area (Å²) in [6.07, 6.45) is 0.0778. The van der Waals surface area contributed by atoms with Crippen molar-refractivity contribution in [2.75, 3.05) is 13.7 Å². The summed E-state index contributed by atoms with van der Waals surface area (Å²) in [6.45, 7) is -0.453. The highest BCUT2D eigenvalue weighted by molar-refractivity contribution is 8.00. The monoisotopic (exact) mass is 417 g/mol. The summed E-state index contributed by atoms with van der Waals surface area (Å²) in [5.41, 5.74) is 0.506. The van der Waals surface area contributed by atoms with Gasteiger partial charge in [0, 0.05) is 23.9 Å². The molecule has 0 aliphatic carbocycles. The van der Waals surface area contributed by atoms with Crippen molar-refractivity contribution in [3.8, 4) is 0 Å². The van der Waals surface area contributed by atoms with E-state index in [1.54, 1.807) is 48.5 Å². The van der Waals surface area contributed by atoms with Crippen molar-refractivity contribution in [2.24, 2.45) is 0 Å². The fraction of sp³-hybridized carbons (Fsp3) is 0.200. The number of carbonyl (C=O) groups is 4. The van der Waals surface area contributed by atoms with E-state index in [2.05, 4.69) is 0 Å². The third-order valence-corrected chi connectivity index (χ3v) is 5.82. The fourth-order valence-corrected chi connectivity index (χ4v) is 4.15. The number of imide groups is 1. The smallest absolute Gasteiger partial charge is 0.339 e. The quantitative estimate of drug-likeness (QED) is 0.408. The Labute approximate surface area is 170 Å². The number of ketones is 1. The molecule has 1 aliphatic rings. The van der Waals surface area contributed by atoms with Gasteiger partial charge in [-0.15, -0.1) is 11.8 Å². The maximum Gasteiger partial charge on any atom is 0.339 e. The molecule has 1 saturated heterocycles. The molecule has 1 fully saturated rings. The number of ether oxygens (including phenoxy) is 1. The van der Waals surface area contributed by atoms with Crippen molar-refractivity contribution in [2.45, 2.75) is 16.6 Å². The lowest BCUT2D eigenvalue weighted by Crippen LogP contribution is -2.26. The first-order valence-corrected chi connectivity index (χ1v) is 9.65. The molecule has 2 aromatic carbocycles. The number of likely N-dealkylation sites (tertiary alicyclic amines) is 1. The van der Waals surface area contributed by atoms with Crippen molar-refractivity contribution >= 4 is 46.9 Å². The van der Waals surface area contributed by atoms with Gasteiger partial charge >= 0.3 is 5.97 Å². The zero-order chi connectivity index (χ0) is 20.3. The van der Waals surface area contributed by atoms with Gasteiger partial charge in [0.25, 0.3) is 0 Å². The number of amides is 2. The molecule has 2 amide bonds. The van der Waals surface area contributed by atoms with Crippen LogP contribution in [0.4, 0.5) is 0 Å². The topological polar surface area (TPSA) is 80.8 Å². The van der Waals surface area contributed by atoms with Crippen LogP contribution < -0.4 is 0 Å². The molecule has 6 nitrogen and oxygen atoms in total. The highest BCUT2D eigenvalue weighted by Gasteiger charge is 2.37. The first kappa shape index (κ1) is 20.1. The van der Waals surface area contributed by atoms with Crippen molar-refractivity contribution in [1.82, 2.24) is 4.90 Å². The van der Waals surface area contributed by atoms with E-state index in [9.17, 15) is 19.2 Å². The van der Waals surface area contributed by atoms with Gasteiger partial charge in [-0.1, -0.05) is 35.9 Å². The van der Waals surface area contributed by atoms with Crippen molar-refractivity contribution in [3.05, 3.63) is 64.7 Å². The number of halogens is 1. The second-order valence-corrected chi connectivity index (χ2v) is 7.73. The van der Waals surface area contributed by atoms with Crippen molar-refractivity contribution in [3.63, 3.8) is 0 Å². The number of nitrogens with zero attached hydrogens (tertiary/aromatic N) is 1. The number of Topliss-reactive ketones (excluding diaryl/α,β-unsaturated/α-hetero) is 1. The zero-order valence-corrected chi connectivity index (χ0v) is 16.5. The third-order valence-electron chi connectivity index (χ3n) is 4.22. The van der Waals surface area contributed by atoms with Crippen LogP contribution in [0.15, 0.2) is 53.4 Å². The second kappa shape index (κ2) is 8.58. The molecule has 0 spiro atoms. The minimum Gasteiger partial charge on any atom is -0.454 e. The van der Waals surface area contributed by atoms with Crippen LogP contribution in [0, 0.1) is 0 Å². The van der Waals surface area contributed by atoms with Gasteiger partial charge in [0.15, 0.2) is 6.61 Å². The Morgan fingerprint density at radius 1 is 1.11 bits per heavy atom. The Hall–Kier alpha value is -2.64. The number of benzene rings is 2. The number of hydrogen-bond donors (Lipinski definition) is 0. The summed E-state index contributed by atoms with van der Waals surface area (Å²) in [6, 6.07) is 13.1. The van der Waals surface area contributed by atoms with Crippen LogP contribution in [0.3, 0.4) is 0 Å². The van der Waals surface area contributed by atoms with Gasteiger partial charge in [-0.3, -0.25) is 19.3 Å². The van der Waals surface area contributed by atoms with E-state index < -0.39 is 23.6 Å². The van der Waals surface area contributed by atoms with Gasteiger partial charge < -0.3 is 4.74 Å². The van der Waals surface area contributed by atoms with Gasteiger partial charge in [-0.2, -0.15) is 0 Å². The maximum atomic E-state index is 12.5.